The number of aromatic nitrogens is 4. The highest BCUT2D eigenvalue weighted by Crippen LogP contribution is 2.33. The van der Waals surface area contributed by atoms with E-state index in [2.05, 4.69) is 35.8 Å². The van der Waals surface area contributed by atoms with Crippen LogP contribution < -0.4 is 20.9 Å². The number of fused-ring (bicyclic) bond motifs is 1. The quantitative estimate of drug-likeness (QED) is 0.315. The molecule has 0 atom stereocenters. The molecule has 6 rings (SSSR count). The van der Waals surface area contributed by atoms with E-state index in [1.165, 1.54) is 31.9 Å². The van der Waals surface area contributed by atoms with Crippen LogP contribution in [0, 0.1) is 5.82 Å². The van der Waals surface area contributed by atoms with Crippen LogP contribution in [0.2, 0.25) is 0 Å². The minimum atomic E-state index is -0.467. The molecule has 0 unspecified atom stereocenters. The third-order valence-corrected chi connectivity index (χ3v) is 7.51. The van der Waals surface area contributed by atoms with Gasteiger partial charge in [-0.15, -0.1) is 12.4 Å². The zero-order valence-electron chi connectivity index (χ0n) is 19.7. The van der Waals surface area contributed by atoms with Gasteiger partial charge >= 0.3 is 0 Å². The van der Waals surface area contributed by atoms with E-state index in [9.17, 15) is 4.39 Å². The van der Waals surface area contributed by atoms with Gasteiger partial charge in [0, 0.05) is 37.8 Å². The van der Waals surface area contributed by atoms with Crippen molar-refractivity contribution in [3.05, 3.63) is 48.5 Å². The van der Waals surface area contributed by atoms with Crippen molar-refractivity contribution in [1.82, 2.24) is 25.3 Å². The first-order chi connectivity index (χ1) is 17.2. The number of nitrogens with one attached hydrogen (secondary N) is 3. The topological polar surface area (TPSA) is 90.9 Å². The highest BCUT2D eigenvalue weighted by atomic mass is 35.5. The Labute approximate surface area is 219 Å². The minimum Gasteiger partial charge on any atom is -0.368 e. The standard InChI is InChI=1S/C25H27FN8S.ClH/c26-19-15-29-24(32-22-8-6-18(14-28-22)34-11-9-27-10-12-34)33-23(19)16-5-7-20-21(13-16)35-25(31-20)30-17-3-1-2-4-17;/h5-8,13-15,17,27H,1-4,9-12H2,(H,30,31)(H,28,29,32,33);1H. The summed E-state index contributed by atoms with van der Waals surface area (Å²) in [5.41, 5.74) is 2.93. The molecule has 3 N–H and O–H groups in total. The Kier molecular flexibility index (Phi) is 7.45. The fraction of sp³-hybridized carbons (Fsp3) is 0.360. The van der Waals surface area contributed by atoms with Crippen molar-refractivity contribution in [3.8, 4) is 11.3 Å². The first-order valence-electron chi connectivity index (χ1n) is 12.1. The van der Waals surface area contributed by atoms with Crippen molar-refractivity contribution in [2.24, 2.45) is 0 Å². The maximum Gasteiger partial charge on any atom is 0.229 e. The molecule has 3 aromatic heterocycles. The Balaban J connectivity index is 0.00000267. The molecule has 0 amide bonds. The number of thiazole rings is 1. The highest BCUT2D eigenvalue weighted by Gasteiger charge is 2.17. The van der Waals surface area contributed by atoms with Crippen LogP contribution in [0.1, 0.15) is 25.7 Å². The Hall–Kier alpha value is -3.08. The minimum absolute atomic E-state index is 0. The maximum absolute atomic E-state index is 14.7. The summed E-state index contributed by atoms with van der Waals surface area (Å²) in [6.45, 7) is 3.86. The predicted molar refractivity (Wildman–Crippen MR) is 146 cm³/mol. The molecule has 4 aromatic rings. The molecule has 0 spiro atoms. The third kappa shape index (κ3) is 5.35. The van der Waals surface area contributed by atoms with Gasteiger partial charge in [0.1, 0.15) is 11.5 Å². The van der Waals surface area contributed by atoms with Gasteiger partial charge in [0.2, 0.25) is 5.95 Å². The summed E-state index contributed by atoms with van der Waals surface area (Å²) < 4.78 is 15.7. The van der Waals surface area contributed by atoms with Crippen LogP contribution in [0.4, 0.5) is 27.0 Å². The van der Waals surface area contributed by atoms with Crippen LogP contribution in [0.25, 0.3) is 21.5 Å². The summed E-state index contributed by atoms with van der Waals surface area (Å²) in [7, 11) is 0. The van der Waals surface area contributed by atoms with Gasteiger partial charge in [-0.25, -0.2) is 24.3 Å². The summed E-state index contributed by atoms with van der Waals surface area (Å²) >= 11 is 1.60. The number of hydrogen-bond acceptors (Lipinski definition) is 9. The Morgan fingerprint density at radius 2 is 1.83 bits per heavy atom. The molecule has 0 bridgehead atoms. The van der Waals surface area contributed by atoms with Crippen molar-refractivity contribution in [2.45, 2.75) is 31.7 Å². The first kappa shape index (κ1) is 24.6. The van der Waals surface area contributed by atoms with E-state index < -0.39 is 5.82 Å². The zero-order valence-corrected chi connectivity index (χ0v) is 21.3. The first-order valence-corrected chi connectivity index (χ1v) is 12.9. The number of halogens is 2. The van der Waals surface area contributed by atoms with E-state index >= 15 is 0 Å². The van der Waals surface area contributed by atoms with E-state index in [0.717, 1.165) is 47.2 Å². The number of rotatable bonds is 6. The number of hydrogen-bond donors (Lipinski definition) is 3. The number of anilines is 4. The van der Waals surface area contributed by atoms with Crippen LogP contribution in [-0.2, 0) is 0 Å². The van der Waals surface area contributed by atoms with Gasteiger partial charge in [0.05, 0.1) is 28.3 Å². The lowest BCUT2D eigenvalue weighted by atomic mass is 10.1. The van der Waals surface area contributed by atoms with Gasteiger partial charge in [-0.1, -0.05) is 30.2 Å². The van der Waals surface area contributed by atoms with E-state index in [0.29, 0.717) is 23.4 Å². The molecule has 11 heteroatoms. The van der Waals surface area contributed by atoms with Gasteiger partial charge in [-0.05, 0) is 37.1 Å². The second kappa shape index (κ2) is 10.9. The predicted octanol–water partition coefficient (Wildman–Crippen LogP) is 5.22. The van der Waals surface area contributed by atoms with Gasteiger partial charge in [-0.2, -0.15) is 0 Å². The number of benzene rings is 1. The van der Waals surface area contributed by atoms with Crippen LogP contribution >= 0.6 is 23.7 Å². The van der Waals surface area contributed by atoms with E-state index in [1.807, 2.05) is 36.5 Å². The highest BCUT2D eigenvalue weighted by molar-refractivity contribution is 7.22. The van der Waals surface area contributed by atoms with Gasteiger partial charge in [-0.3, -0.25) is 0 Å². The normalized spacial score (nSPS) is 16.2. The third-order valence-electron chi connectivity index (χ3n) is 6.56. The molecule has 36 heavy (non-hydrogen) atoms. The van der Waals surface area contributed by atoms with E-state index in [1.54, 1.807) is 11.3 Å². The van der Waals surface area contributed by atoms with Crippen molar-refractivity contribution < 1.29 is 4.39 Å². The van der Waals surface area contributed by atoms with Crippen LogP contribution in [0.15, 0.2) is 42.7 Å². The fourth-order valence-corrected chi connectivity index (χ4v) is 5.67. The molecule has 1 saturated carbocycles. The largest absolute Gasteiger partial charge is 0.368 e. The molecule has 1 saturated heterocycles. The summed E-state index contributed by atoms with van der Waals surface area (Å²) in [5, 5.41) is 10.9. The maximum atomic E-state index is 14.7. The van der Waals surface area contributed by atoms with Crippen molar-refractivity contribution in [3.63, 3.8) is 0 Å². The summed E-state index contributed by atoms with van der Waals surface area (Å²) in [4.78, 5) is 20.1. The summed E-state index contributed by atoms with van der Waals surface area (Å²) in [5.74, 6) is 0.449. The number of piperazine rings is 1. The van der Waals surface area contributed by atoms with Crippen LogP contribution in [0.3, 0.4) is 0 Å². The smallest absolute Gasteiger partial charge is 0.229 e. The SMILES string of the molecule is Cl.Fc1cnc(Nc2ccc(N3CCNCC3)cn2)nc1-c1ccc2nc(NC3CCCC3)sc2c1. The van der Waals surface area contributed by atoms with Gasteiger partial charge < -0.3 is 20.9 Å². The monoisotopic (exact) mass is 526 g/mol. The zero-order chi connectivity index (χ0) is 23.6. The molecule has 1 aliphatic heterocycles. The molecule has 0 radical (unpaired) electrons. The average molecular weight is 527 g/mol. The van der Waals surface area contributed by atoms with Gasteiger partial charge in [0.25, 0.3) is 0 Å². The molecule has 188 valence electrons. The Morgan fingerprint density at radius 1 is 1.00 bits per heavy atom. The Bertz CT molecular complexity index is 1320. The average Bonchev–Trinajstić information content (AvgIpc) is 3.55. The number of pyridine rings is 1. The second-order valence-corrected chi connectivity index (χ2v) is 10.0. The van der Waals surface area contributed by atoms with E-state index in [-0.39, 0.29) is 18.1 Å². The lowest BCUT2D eigenvalue weighted by Gasteiger charge is -2.29. The van der Waals surface area contributed by atoms with E-state index in [4.69, 9.17) is 4.98 Å². The summed E-state index contributed by atoms with van der Waals surface area (Å²) in [6, 6.07) is 10.2. The summed E-state index contributed by atoms with van der Waals surface area (Å²) in [6.07, 6.45) is 7.96. The molecule has 2 aliphatic rings. The molecule has 1 aromatic carbocycles. The molecular weight excluding hydrogens is 499 g/mol. The van der Waals surface area contributed by atoms with Gasteiger partial charge in [0.15, 0.2) is 10.9 Å². The van der Waals surface area contributed by atoms with Crippen LogP contribution in [-0.4, -0.2) is 52.2 Å². The van der Waals surface area contributed by atoms with Crippen LogP contribution in [0.5, 0.6) is 0 Å². The molecular formula is C25H28ClFN8S. The fourth-order valence-electron chi connectivity index (χ4n) is 4.69. The molecule has 4 heterocycles. The number of nitrogens with zero attached hydrogens (tertiary/aromatic N) is 5. The second-order valence-electron chi connectivity index (χ2n) is 8.98. The van der Waals surface area contributed by atoms with Crippen molar-refractivity contribution >= 4 is 56.5 Å². The van der Waals surface area contributed by atoms with Crippen molar-refractivity contribution in [1.29, 1.82) is 0 Å². The molecule has 1 aliphatic carbocycles. The molecule has 2 fully saturated rings. The Morgan fingerprint density at radius 3 is 2.61 bits per heavy atom. The molecule has 8 nitrogen and oxygen atoms in total. The van der Waals surface area contributed by atoms with Crippen molar-refractivity contribution in [2.75, 3.05) is 41.7 Å². The lowest BCUT2D eigenvalue weighted by molar-refractivity contribution is 0.589. The lowest BCUT2D eigenvalue weighted by Crippen LogP contribution is -2.43.